The summed E-state index contributed by atoms with van der Waals surface area (Å²) in [5.74, 6) is 0.0735. The van der Waals surface area contributed by atoms with Crippen LogP contribution in [0.4, 0.5) is 0 Å². The Morgan fingerprint density at radius 1 is 0.727 bits per heavy atom. The second kappa shape index (κ2) is 10.3. The second-order valence-electron chi connectivity index (χ2n) is 7.39. The van der Waals surface area contributed by atoms with Crippen molar-refractivity contribution in [1.82, 2.24) is 0 Å². The van der Waals surface area contributed by atoms with Crippen LogP contribution in [-0.4, -0.2) is 17.7 Å². The van der Waals surface area contributed by atoms with Crippen LogP contribution in [0.3, 0.4) is 0 Å². The minimum Gasteiger partial charge on any atom is -0.507 e. The van der Waals surface area contributed by atoms with E-state index in [9.17, 15) is 9.90 Å². The molecule has 0 aliphatic heterocycles. The highest BCUT2D eigenvalue weighted by Crippen LogP contribution is 2.69. The number of benzene rings is 4. The highest BCUT2D eigenvalue weighted by Gasteiger charge is 2.36. The van der Waals surface area contributed by atoms with Crippen LogP contribution in [0.1, 0.15) is 23.7 Å². The van der Waals surface area contributed by atoms with Gasteiger partial charge in [0.15, 0.2) is 0 Å². The van der Waals surface area contributed by atoms with Crippen molar-refractivity contribution in [2.75, 3.05) is 6.61 Å². The van der Waals surface area contributed by atoms with Gasteiger partial charge in [-0.05, 0) is 77.4 Å². The van der Waals surface area contributed by atoms with Crippen LogP contribution < -0.4 is 4.74 Å². The predicted octanol–water partition coefficient (Wildman–Crippen LogP) is 7.23. The van der Waals surface area contributed by atoms with Crippen LogP contribution in [0.15, 0.2) is 124 Å². The van der Waals surface area contributed by atoms with Crippen molar-refractivity contribution in [2.24, 2.45) is 0 Å². The standard InChI is InChI=1S/C28H26O4S/c1-2-21-31-22-17-19-25(20-18-22)33(23-11-5-3-6-12-23,24-13-7-4-8-14-24)32-28(30)26-15-9-10-16-27(26)29/h3-20,29H,2,21H2,1H3. The summed E-state index contributed by atoms with van der Waals surface area (Å²) in [6.07, 6.45) is 0.920. The zero-order valence-electron chi connectivity index (χ0n) is 18.4. The number of hydrogen-bond acceptors (Lipinski definition) is 4. The Balaban J connectivity index is 1.90. The van der Waals surface area contributed by atoms with Gasteiger partial charge in [-0.25, -0.2) is 4.79 Å². The van der Waals surface area contributed by atoms with Crippen molar-refractivity contribution < 1.29 is 18.8 Å². The second-order valence-corrected chi connectivity index (χ2v) is 10.1. The normalized spacial score (nSPS) is 11.5. The van der Waals surface area contributed by atoms with Gasteiger partial charge in [-0.15, -0.1) is 0 Å². The largest absolute Gasteiger partial charge is 0.507 e. The molecule has 4 aromatic rings. The number of aromatic hydroxyl groups is 1. The number of hydrogen-bond donors (Lipinski definition) is 1. The van der Waals surface area contributed by atoms with Crippen molar-refractivity contribution in [3.63, 3.8) is 0 Å². The summed E-state index contributed by atoms with van der Waals surface area (Å²) in [5, 5.41) is 10.3. The molecule has 0 atom stereocenters. The monoisotopic (exact) mass is 458 g/mol. The van der Waals surface area contributed by atoms with E-state index in [0.717, 1.165) is 26.9 Å². The van der Waals surface area contributed by atoms with Crippen LogP contribution in [-0.2, 0) is 4.18 Å². The molecule has 0 aromatic heterocycles. The average molecular weight is 459 g/mol. The fourth-order valence-electron chi connectivity index (χ4n) is 3.53. The first-order chi connectivity index (χ1) is 16.1. The number of rotatable bonds is 8. The fourth-order valence-corrected chi connectivity index (χ4v) is 6.55. The Morgan fingerprint density at radius 2 is 1.24 bits per heavy atom. The summed E-state index contributed by atoms with van der Waals surface area (Å²) >= 11 is 0. The predicted molar refractivity (Wildman–Crippen MR) is 131 cm³/mol. The minimum absolute atomic E-state index is 0.111. The molecule has 4 rings (SSSR count). The lowest BCUT2D eigenvalue weighted by Gasteiger charge is -2.39. The lowest BCUT2D eigenvalue weighted by atomic mass is 10.2. The first kappa shape index (κ1) is 22.5. The fraction of sp³-hybridized carbons (Fsp3) is 0.107. The Morgan fingerprint density at radius 3 is 1.79 bits per heavy atom. The van der Waals surface area contributed by atoms with Crippen molar-refractivity contribution in [3.8, 4) is 11.5 Å². The zero-order chi connectivity index (χ0) is 23.1. The molecule has 0 unspecified atom stereocenters. The molecule has 0 amide bonds. The van der Waals surface area contributed by atoms with Crippen molar-refractivity contribution in [3.05, 3.63) is 115 Å². The van der Waals surface area contributed by atoms with Gasteiger partial charge < -0.3 is 14.0 Å². The summed E-state index contributed by atoms with van der Waals surface area (Å²) < 4.78 is 12.2. The molecule has 0 saturated carbocycles. The molecular weight excluding hydrogens is 432 g/mol. The Kier molecular flexibility index (Phi) is 7.01. The molecule has 33 heavy (non-hydrogen) atoms. The maximum absolute atomic E-state index is 13.4. The van der Waals surface area contributed by atoms with E-state index in [1.807, 2.05) is 84.9 Å². The highest BCUT2D eigenvalue weighted by molar-refractivity contribution is 8.30. The number of ether oxygens (including phenoxy) is 1. The molecule has 4 nitrogen and oxygen atoms in total. The van der Waals surface area contributed by atoms with Gasteiger partial charge in [0.1, 0.15) is 17.1 Å². The van der Waals surface area contributed by atoms with Crippen molar-refractivity contribution in [2.45, 2.75) is 28.0 Å². The highest BCUT2D eigenvalue weighted by atomic mass is 32.3. The number of carbonyl (C=O) groups is 1. The molecule has 1 N–H and O–H groups in total. The van der Waals surface area contributed by atoms with Gasteiger partial charge in [-0.3, -0.25) is 0 Å². The Bertz CT molecular complexity index is 1150. The molecule has 5 heteroatoms. The van der Waals surface area contributed by atoms with Gasteiger partial charge >= 0.3 is 5.97 Å². The topological polar surface area (TPSA) is 55.8 Å². The zero-order valence-corrected chi connectivity index (χ0v) is 19.2. The lowest BCUT2D eigenvalue weighted by Crippen LogP contribution is -2.14. The number of phenolic OH excluding ortho intramolecular Hbond substituents is 1. The third kappa shape index (κ3) is 4.73. The van der Waals surface area contributed by atoms with Gasteiger partial charge in [-0.2, -0.15) is 0 Å². The van der Waals surface area contributed by atoms with Crippen molar-refractivity contribution in [1.29, 1.82) is 0 Å². The van der Waals surface area contributed by atoms with Crippen molar-refractivity contribution >= 4 is 16.3 Å². The van der Waals surface area contributed by atoms with Gasteiger partial charge in [0.2, 0.25) is 0 Å². The average Bonchev–Trinajstić information content (AvgIpc) is 2.87. The third-order valence-electron chi connectivity index (χ3n) is 5.10. The molecule has 0 bridgehead atoms. The molecule has 0 saturated heterocycles. The number of carbonyl (C=O) groups excluding carboxylic acids is 1. The van der Waals surface area contributed by atoms with Crippen LogP contribution in [0, 0.1) is 0 Å². The molecular formula is C28H26O4S. The maximum Gasteiger partial charge on any atom is 0.353 e. The first-order valence-corrected chi connectivity index (χ1v) is 12.4. The molecule has 0 fully saturated rings. The summed E-state index contributed by atoms with van der Waals surface area (Å²) in [5.41, 5.74) is 0.129. The molecule has 0 aliphatic rings. The lowest BCUT2D eigenvalue weighted by molar-refractivity contribution is 0.0754. The van der Waals surface area contributed by atoms with E-state index in [1.165, 1.54) is 6.07 Å². The molecule has 0 heterocycles. The molecule has 4 aromatic carbocycles. The van der Waals surface area contributed by atoms with Crippen LogP contribution in [0.2, 0.25) is 0 Å². The van der Waals surface area contributed by atoms with E-state index >= 15 is 0 Å². The van der Waals surface area contributed by atoms with Gasteiger partial charge in [0.25, 0.3) is 0 Å². The molecule has 0 aliphatic carbocycles. The van der Waals surface area contributed by atoms with E-state index in [-0.39, 0.29) is 11.3 Å². The summed E-state index contributed by atoms with van der Waals surface area (Å²) in [6.45, 7) is 2.70. The molecule has 0 radical (unpaired) electrons. The van der Waals surface area contributed by atoms with E-state index in [1.54, 1.807) is 18.2 Å². The summed E-state index contributed by atoms with van der Waals surface area (Å²) in [7, 11) is -2.45. The van der Waals surface area contributed by atoms with Gasteiger partial charge in [0.05, 0.1) is 6.61 Å². The molecule has 168 valence electrons. The first-order valence-electron chi connectivity index (χ1n) is 10.8. The summed E-state index contributed by atoms with van der Waals surface area (Å²) in [4.78, 5) is 16.0. The van der Waals surface area contributed by atoms with E-state index in [0.29, 0.717) is 6.61 Å². The third-order valence-corrected chi connectivity index (χ3v) is 8.31. The van der Waals surface area contributed by atoms with Crippen LogP contribution in [0.25, 0.3) is 0 Å². The summed E-state index contributed by atoms with van der Waals surface area (Å²) in [6, 6.07) is 33.7. The maximum atomic E-state index is 13.4. The Hall–Kier alpha value is -3.70. The van der Waals surface area contributed by atoms with Crippen LogP contribution >= 0.6 is 10.3 Å². The van der Waals surface area contributed by atoms with Gasteiger partial charge in [0, 0.05) is 14.7 Å². The van der Waals surface area contributed by atoms with Crippen LogP contribution in [0.5, 0.6) is 11.5 Å². The minimum atomic E-state index is -2.45. The number of phenols is 1. The SMILES string of the molecule is CCCOc1ccc(S(OC(=O)c2ccccc2O)(c2ccccc2)c2ccccc2)cc1. The quantitative estimate of drug-likeness (QED) is 0.302. The van der Waals surface area contributed by atoms with E-state index in [4.69, 9.17) is 8.92 Å². The smallest absolute Gasteiger partial charge is 0.353 e. The van der Waals surface area contributed by atoms with E-state index < -0.39 is 16.3 Å². The Labute approximate surface area is 196 Å². The van der Waals surface area contributed by atoms with E-state index in [2.05, 4.69) is 6.92 Å². The molecule has 0 spiro atoms. The number of para-hydroxylation sites is 1. The van der Waals surface area contributed by atoms with Gasteiger partial charge in [-0.1, -0.05) is 55.5 Å².